The number of aryl methyl sites for hydroxylation is 1. The Balaban J connectivity index is 1.38. The van der Waals surface area contributed by atoms with Crippen LogP contribution in [0.1, 0.15) is 57.5 Å². The van der Waals surface area contributed by atoms with Gasteiger partial charge in [-0.25, -0.2) is 14.4 Å². The van der Waals surface area contributed by atoms with E-state index in [0.29, 0.717) is 35.7 Å². The highest BCUT2D eigenvalue weighted by molar-refractivity contribution is 5.92. The number of esters is 3. The zero-order valence-corrected chi connectivity index (χ0v) is 22.3. The molecule has 0 bridgehead atoms. The van der Waals surface area contributed by atoms with E-state index in [9.17, 15) is 19.5 Å². The number of carbonyl (C=O) groups excluding carboxylic acids is 3. The fourth-order valence-electron chi connectivity index (χ4n) is 3.52. The Kier molecular flexibility index (Phi) is 11.5. The van der Waals surface area contributed by atoms with Crippen LogP contribution in [0, 0.1) is 6.92 Å². The molecule has 8 heteroatoms. The molecule has 0 fully saturated rings. The molecule has 3 aromatic rings. The van der Waals surface area contributed by atoms with Gasteiger partial charge >= 0.3 is 17.9 Å². The van der Waals surface area contributed by atoms with E-state index in [1.807, 2.05) is 0 Å². The van der Waals surface area contributed by atoms with Gasteiger partial charge in [-0.3, -0.25) is 0 Å². The minimum Gasteiger partial charge on any atom is -0.508 e. The molecule has 0 aliphatic rings. The second-order valence-corrected chi connectivity index (χ2v) is 8.83. The number of benzene rings is 3. The average Bonchev–Trinajstić information content (AvgIpc) is 2.96. The molecular formula is C32H32O8. The largest absolute Gasteiger partial charge is 0.508 e. The Morgan fingerprint density at radius 1 is 0.800 bits per heavy atom. The first-order valence-electron chi connectivity index (χ1n) is 12.9. The van der Waals surface area contributed by atoms with Gasteiger partial charge in [0.2, 0.25) is 0 Å². The monoisotopic (exact) mass is 544 g/mol. The number of hydrogen-bond donors (Lipinski definition) is 1. The second-order valence-electron chi connectivity index (χ2n) is 8.83. The first-order valence-corrected chi connectivity index (χ1v) is 12.9. The first-order chi connectivity index (χ1) is 19.4. The lowest BCUT2D eigenvalue weighted by atomic mass is 10.1. The molecule has 3 rings (SSSR count). The van der Waals surface area contributed by atoms with Gasteiger partial charge < -0.3 is 24.1 Å². The zero-order valence-electron chi connectivity index (χ0n) is 22.3. The lowest BCUT2D eigenvalue weighted by Gasteiger charge is -2.08. The molecule has 0 amide bonds. The summed E-state index contributed by atoms with van der Waals surface area (Å²) in [4.78, 5) is 35.7. The summed E-state index contributed by atoms with van der Waals surface area (Å²) in [7, 11) is 0. The summed E-state index contributed by atoms with van der Waals surface area (Å²) in [6.45, 7) is 6.06. The maximum atomic E-state index is 12.5. The van der Waals surface area contributed by atoms with E-state index in [2.05, 4.69) is 6.58 Å². The lowest BCUT2D eigenvalue weighted by molar-refractivity contribution is -0.137. The summed E-state index contributed by atoms with van der Waals surface area (Å²) in [6, 6.07) is 17.7. The highest BCUT2D eigenvalue weighted by atomic mass is 16.5. The third kappa shape index (κ3) is 9.79. The van der Waals surface area contributed by atoms with Crippen molar-refractivity contribution in [2.45, 2.75) is 32.6 Å². The molecule has 0 saturated heterocycles. The number of phenols is 1. The number of aromatic hydroxyl groups is 1. The van der Waals surface area contributed by atoms with Crippen molar-refractivity contribution in [1.29, 1.82) is 0 Å². The number of unbranched alkanes of at least 4 members (excludes halogenated alkanes) is 3. The van der Waals surface area contributed by atoms with Crippen LogP contribution < -0.4 is 9.47 Å². The molecule has 0 heterocycles. The maximum Gasteiger partial charge on any atom is 0.343 e. The van der Waals surface area contributed by atoms with Crippen LogP contribution >= 0.6 is 0 Å². The van der Waals surface area contributed by atoms with Crippen LogP contribution in [0.4, 0.5) is 0 Å². The smallest absolute Gasteiger partial charge is 0.343 e. The molecule has 0 aliphatic heterocycles. The van der Waals surface area contributed by atoms with Crippen LogP contribution in [-0.2, 0) is 14.3 Å². The van der Waals surface area contributed by atoms with Gasteiger partial charge in [0.05, 0.1) is 30.6 Å². The van der Waals surface area contributed by atoms with Gasteiger partial charge in [0.25, 0.3) is 0 Å². The summed E-state index contributed by atoms with van der Waals surface area (Å²) < 4.78 is 21.2. The van der Waals surface area contributed by atoms with Gasteiger partial charge in [0.1, 0.15) is 17.2 Å². The zero-order chi connectivity index (χ0) is 28.7. The van der Waals surface area contributed by atoms with E-state index in [-0.39, 0.29) is 11.5 Å². The molecule has 0 atom stereocenters. The normalized spacial score (nSPS) is 10.6. The summed E-state index contributed by atoms with van der Waals surface area (Å²) in [6.07, 6.45) is 7.58. The van der Waals surface area contributed by atoms with Crippen LogP contribution in [0.2, 0.25) is 0 Å². The van der Waals surface area contributed by atoms with Crippen LogP contribution in [0.15, 0.2) is 85.6 Å². The van der Waals surface area contributed by atoms with Crippen molar-refractivity contribution in [3.8, 4) is 17.2 Å². The van der Waals surface area contributed by atoms with Crippen molar-refractivity contribution in [1.82, 2.24) is 0 Å². The van der Waals surface area contributed by atoms with Crippen molar-refractivity contribution in [2.24, 2.45) is 0 Å². The highest BCUT2D eigenvalue weighted by Gasteiger charge is 2.11. The predicted molar refractivity (Wildman–Crippen MR) is 150 cm³/mol. The van der Waals surface area contributed by atoms with Gasteiger partial charge in [0, 0.05) is 6.08 Å². The molecule has 0 aliphatic carbocycles. The van der Waals surface area contributed by atoms with E-state index in [4.69, 9.17) is 18.9 Å². The average molecular weight is 545 g/mol. The fraction of sp³-hybridized carbons (Fsp3) is 0.219. The number of ether oxygens (including phenoxy) is 4. The number of phenolic OH excluding ortho intramolecular Hbond substituents is 1. The molecule has 0 unspecified atom stereocenters. The summed E-state index contributed by atoms with van der Waals surface area (Å²) in [5, 5.41) is 9.58. The Morgan fingerprint density at radius 3 is 2.08 bits per heavy atom. The molecule has 0 aromatic heterocycles. The van der Waals surface area contributed by atoms with Crippen molar-refractivity contribution >= 4 is 24.0 Å². The molecule has 1 N–H and O–H groups in total. The quantitative estimate of drug-likeness (QED) is 0.0815. The number of carbonyl (C=O) groups is 3. The Labute approximate surface area is 233 Å². The minimum absolute atomic E-state index is 0.197. The van der Waals surface area contributed by atoms with Crippen LogP contribution in [-0.4, -0.2) is 36.2 Å². The van der Waals surface area contributed by atoms with Gasteiger partial charge in [-0.15, -0.1) is 0 Å². The van der Waals surface area contributed by atoms with Crippen molar-refractivity contribution < 1.29 is 38.4 Å². The van der Waals surface area contributed by atoms with Gasteiger partial charge in [0.15, 0.2) is 0 Å². The molecule has 0 radical (unpaired) electrons. The molecule has 8 nitrogen and oxygen atoms in total. The van der Waals surface area contributed by atoms with Gasteiger partial charge in [-0.1, -0.05) is 12.6 Å². The Morgan fingerprint density at radius 2 is 1.43 bits per heavy atom. The van der Waals surface area contributed by atoms with Crippen molar-refractivity contribution in [3.05, 3.63) is 108 Å². The van der Waals surface area contributed by atoms with E-state index in [1.165, 1.54) is 30.5 Å². The first kappa shape index (κ1) is 29.7. The van der Waals surface area contributed by atoms with Crippen molar-refractivity contribution in [3.63, 3.8) is 0 Å². The van der Waals surface area contributed by atoms with Crippen LogP contribution in [0.3, 0.4) is 0 Å². The van der Waals surface area contributed by atoms with Crippen LogP contribution in [0.25, 0.3) is 6.08 Å². The second kappa shape index (κ2) is 15.5. The third-order valence-corrected chi connectivity index (χ3v) is 5.77. The summed E-state index contributed by atoms with van der Waals surface area (Å²) in [5.41, 5.74) is 2.15. The van der Waals surface area contributed by atoms with E-state index < -0.39 is 17.9 Å². The minimum atomic E-state index is -0.561. The Hall–Kier alpha value is -4.85. The molecule has 208 valence electrons. The Bertz CT molecular complexity index is 1320. The molecule has 0 saturated carbocycles. The van der Waals surface area contributed by atoms with E-state index in [0.717, 1.165) is 37.3 Å². The SMILES string of the molecule is C=CC(=O)OCCCCCCOc1ccc(C(=O)Oc2ccc(C(=O)O/C=C/c3ccc(O)c(C)c3)cc2)cc1. The predicted octanol–water partition coefficient (Wildman–Crippen LogP) is 6.42. The van der Waals surface area contributed by atoms with E-state index >= 15 is 0 Å². The van der Waals surface area contributed by atoms with Crippen LogP contribution in [0.5, 0.6) is 17.2 Å². The number of rotatable bonds is 14. The molecule has 3 aromatic carbocycles. The van der Waals surface area contributed by atoms with Gasteiger partial charge in [-0.05, 0) is 110 Å². The van der Waals surface area contributed by atoms with E-state index in [1.54, 1.807) is 55.5 Å². The van der Waals surface area contributed by atoms with Crippen molar-refractivity contribution in [2.75, 3.05) is 13.2 Å². The highest BCUT2D eigenvalue weighted by Crippen LogP contribution is 2.19. The lowest BCUT2D eigenvalue weighted by Crippen LogP contribution is -2.09. The fourth-order valence-corrected chi connectivity index (χ4v) is 3.52. The molecular weight excluding hydrogens is 512 g/mol. The standard InChI is InChI=1S/C32H32O8/c1-3-30(34)38-20-7-5-4-6-19-37-27-13-9-26(10-14-27)32(36)40-28-15-11-25(12-16-28)31(35)39-21-18-24-8-17-29(33)23(2)22-24/h3,8-18,21-22,33H,1,4-7,19-20H2,2H3/b21-18+. The van der Waals surface area contributed by atoms with Gasteiger partial charge in [-0.2, -0.15) is 0 Å². The molecule has 0 spiro atoms. The summed E-state index contributed by atoms with van der Waals surface area (Å²) in [5.74, 6) is -0.369. The maximum absolute atomic E-state index is 12.5. The third-order valence-electron chi connectivity index (χ3n) is 5.77. The summed E-state index contributed by atoms with van der Waals surface area (Å²) >= 11 is 0. The molecule has 40 heavy (non-hydrogen) atoms. The topological polar surface area (TPSA) is 108 Å². The number of hydrogen-bond acceptors (Lipinski definition) is 8.